The van der Waals surface area contributed by atoms with Crippen molar-refractivity contribution in [2.75, 3.05) is 7.05 Å². The minimum atomic E-state index is 0.316. The van der Waals surface area contributed by atoms with Crippen LogP contribution in [0.2, 0.25) is 5.02 Å². The lowest BCUT2D eigenvalue weighted by Crippen LogP contribution is -2.22. The molecule has 1 atom stereocenters. The number of halogens is 1. The van der Waals surface area contributed by atoms with Gasteiger partial charge in [-0.2, -0.15) is 0 Å². The highest BCUT2D eigenvalue weighted by atomic mass is 35.5. The van der Waals surface area contributed by atoms with Crippen LogP contribution in [-0.4, -0.2) is 7.05 Å². The minimum absolute atomic E-state index is 0.316. The van der Waals surface area contributed by atoms with E-state index in [-0.39, 0.29) is 0 Å². The van der Waals surface area contributed by atoms with Crippen LogP contribution in [0, 0.1) is 5.92 Å². The molecule has 0 amide bonds. The van der Waals surface area contributed by atoms with Crippen LogP contribution in [0.25, 0.3) is 11.0 Å². The highest BCUT2D eigenvalue weighted by Gasteiger charge is 2.27. The molecule has 1 N–H and O–H groups in total. The SMILES string of the molecule is CNC(c1cc2cccc(Cl)c2o1)C1CCCC1. The highest BCUT2D eigenvalue weighted by molar-refractivity contribution is 6.34. The average molecular weight is 264 g/mol. The molecule has 2 nitrogen and oxygen atoms in total. The fourth-order valence-corrected chi connectivity index (χ4v) is 3.32. The summed E-state index contributed by atoms with van der Waals surface area (Å²) >= 11 is 6.16. The summed E-state index contributed by atoms with van der Waals surface area (Å²) in [5, 5.41) is 5.19. The largest absolute Gasteiger partial charge is 0.458 e. The summed E-state index contributed by atoms with van der Waals surface area (Å²) in [6.45, 7) is 0. The van der Waals surface area contributed by atoms with Gasteiger partial charge in [-0.15, -0.1) is 0 Å². The molecule has 0 bridgehead atoms. The molecule has 0 spiro atoms. The van der Waals surface area contributed by atoms with E-state index in [9.17, 15) is 0 Å². The third kappa shape index (κ3) is 2.04. The molecule has 1 aliphatic rings. The van der Waals surface area contributed by atoms with E-state index >= 15 is 0 Å². The van der Waals surface area contributed by atoms with E-state index in [2.05, 4.69) is 17.4 Å². The van der Waals surface area contributed by atoms with Crippen molar-refractivity contribution in [3.8, 4) is 0 Å². The number of furan rings is 1. The zero-order chi connectivity index (χ0) is 12.5. The summed E-state index contributed by atoms with van der Waals surface area (Å²) in [5.74, 6) is 1.71. The van der Waals surface area contributed by atoms with E-state index in [0.717, 1.165) is 16.7 Å². The summed E-state index contributed by atoms with van der Waals surface area (Å²) in [5.41, 5.74) is 0.812. The van der Waals surface area contributed by atoms with Crippen molar-refractivity contribution >= 4 is 22.6 Å². The van der Waals surface area contributed by atoms with Gasteiger partial charge in [0.05, 0.1) is 11.1 Å². The zero-order valence-electron chi connectivity index (χ0n) is 10.6. The van der Waals surface area contributed by atoms with Gasteiger partial charge in [-0.05, 0) is 37.9 Å². The van der Waals surface area contributed by atoms with E-state index in [1.165, 1.54) is 25.7 Å². The van der Waals surface area contributed by atoms with E-state index in [1.54, 1.807) is 0 Å². The first kappa shape index (κ1) is 12.1. The molecule has 2 aromatic rings. The highest BCUT2D eigenvalue weighted by Crippen LogP contribution is 2.38. The Hall–Kier alpha value is -0.990. The predicted molar refractivity (Wildman–Crippen MR) is 75.0 cm³/mol. The molecule has 0 aliphatic heterocycles. The number of hydrogen-bond acceptors (Lipinski definition) is 2. The monoisotopic (exact) mass is 263 g/mol. The smallest absolute Gasteiger partial charge is 0.152 e. The van der Waals surface area contributed by atoms with Crippen LogP contribution in [0.1, 0.15) is 37.5 Å². The fraction of sp³-hybridized carbons (Fsp3) is 0.467. The summed E-state index contributed by atoms with van der Waals surface area (Å²) in [4.78, 5) is 0. The van der Waals surface area contributed by atoms with Crippen molar-refractivity contribution in [2.45, 2.75) is 31.7 Å². The van der Waals surface area contributed by atoms with Gasteiger partial charge in [-0.25, -0.2) is 0 Å². The first-order valence-electron chi connectivity index (χ1n) is 6.65. The Labute approximate surface area is 112 Å². The second-order valence-corrected chi connectivity index (χ2v) is 5.53. The minimum Gasteiger partial charge on any atom is -0.458 e. The lowest BCUT2D eigenvalue weighted by Gasteiger charge is -2.20. The normalized spacial score (nSPS) is 18.6. The second kappa shape index (κ2) is 4.94. The molecular weight excluding hydrogens is 246 g/mol. The first-order valence-corrected chi connectivity index (χ1v) is 7.02. The number of hydrogen-bond donors (Lipinski definition) is 1. The molecule has 96 valence electrons. The van der Waals surface area contributed by atoms with Gasteiger partial charge in [0.15, 0.2) is 5.58 Å². The Balaban J connectivity index is 1.99. The van der Waals surface area contributed by atoms with Gasteiger partial charge >= 0.3 is 0 Å². The molecule has 1 unspecified atom stereocenters. The Kier molecular flexibility index (Phi) is 3.31. The van der Waals surface area contributed by atoms with Crippen molar-refractivity contribution in [1.29, 1.82) is 0 Å². The third-order valence-corrected chi connectivity index (χ3v) is 4.30. The van der Waals surface area contributed by atoms with Gasteiger partial charge in [-0.3, -0.25) is 0 Å². The molecule has 3 rings (SSSR count). The van der Waals surface area contributed by atoms with Crippen LogP contribution in [-0.2, 0) is 0 Å². The molecule has 0 saturated heterocycles. The van der Waals surface area contributed by atoms with Gasteiger partial charge in [0.25, 0.3) is 0 Å². The van der Waals surface area contributed by atoms with E-state index in [1.807, 2.05) is 19.2 Å². The molecule has 1 aliphatic carbocycles. The van der Waals surface area contributed by atoms with E-state index < -0.39 is 0 Å². The zero-order valence-corrected chi connectivity index (χ0v) is 11.3. The van der Waals surface area contributed by atoms with Crippen LogP contribution in [0.3, 0.4) is 0 Å². The van der Waals surface area contributed by atoms with Gasteiger partial charge in [-0.1, -0.05) is 36.6 Å². The first-order chi connectivity index (χ1) is 8.79. The van der Waals surface area contributed by atoms with Gasteiger partial charge in [0, 0.05) is 5.39 Å². The van der Waals surface area contributed by atoms with Crippen LogP contribution in [0.15, 0.2) is 28.7 Å². The molecule has 3 heteroatoms. The van der Waals surface area contributed by atoms with Crippen LogP contribution >= 0.6 is 11.6 Å². The summed E-state index contributed by atoms with van der Waals surface area (Å²) in [7, 11) is 2.01. The maximum Gasteiger partial charge on any atom is 0.152 e. The van der Waals surface area contributed by atoms with Gasteiger partial charge in [0.1, 0.15) is 5.76 Å². The van der Waals surface area contributed by atoms with Crippen LogP contribution in [0.4, 0.5) is 0 Å². The Morgan fingerprint density at radius 1 is 1.33 bits per heavy atom. The molecule has 1 saturated carbocycles. The second-order valence-electron chi connectivity index (χ2n) is 5.12. The van der Waals surface area contributed by atoms with Crippen molar-refractivity contribution in [1.82, 2.24) is 5.32 Å². The summed E-state index contributed by atoms with van der Waals surface area (Å²) in [6.07, 6.45) is 5.25. The lowest BCUT2D eigenvalue weighted by atomic mass is 9.96. The lowest BCUT2D eigenvalue weighted by molar-refractivity contribution is 0.336. The molecule has 1 aromatic heterocycles. The number of fused-ring (bicyclic) bond motifs is 1. The summed E-state index contributed by atoms with van der Waals surface area (Å²) in [6, 6.07) is 8.33. The number of para-hydroxylation sites is 1. The van der Waals surface area contributed by atoms with Crippen LogP contribution < -0.4 is 5.32 Å². The van der Waals surface area contributed by atoms with Crippen molar-refractivity contribution < 1.29 is 4.42 Å². The topological polar surface area (TPSA) is 25.2 Å². The maximum atomic E-state index is 6.16. The van der Waals surface area contributed by atoms with Gasteiger partial charge in [0.2, 0.25) is 0 Å². The van der Waals surface area contributed by atoms with Crippen molar-refractivity contribution in [2.24, 2.45) is 5.92 Å². The number of benzene rings is 1. The number of nitrogens with one attached hydrogen (secondary N) is 1. The maximum absolute atomic E-state index is 6.16. The van der Waals surface area contributed by atoms with Crippen LogP contribution in [0.5, 0.6) is 0 Å². The van der Waals surface area contributed by atoms with Crippen molar-refractivity contribution in [3.05, 3.63) is 35.0 Å². The van der Waals surface area contributed by atoms with Crippen molar-refractivity contribution in [3.63, 3.8) is 0 Å². The molecule has 1 heterocycles. The number of rotatable bonds is 3. The Morgan fingerprint density at radius 2 is 2.11 bits per heavy atom. The fourth-order valence-electron chi connectivity index (χ4n) is 3.10. The standard InChI is InChI=1S/C15H18ClNO/c1-17-14(10-5-2-3-6-10)13-9-11-7-4-8-12(16)15(11)18-13/h4,7-10,14,17H,2-3,5-6H2,1H3. The Bertz CT molecular complexity index is 542. The molecule has 18 heavy (non-hydrogen) atoms. The predicted octanol–water partition coefficient (Wildman–Crippen LogP) is 4.54. The van der Waals surface area contributed by atoms with E-state index in [0.29, 0.717) is 17.0 Å². The quantitative estimate of drug-likeness (QED) is 0.880. The molecule has 1 aromatic carbocycles. The van der Waals surface area contributed by atoms with E-state index in [4.69, 9.17) is 16.0 Å². The molecular formula is C15H18ClNO. The third-order valence-electron chi connectivity index (χ3n) is 4.00. The average Bonchev–Trinajstić information content (AvgIpc) is 3.00. The molecule has 0 radical (unpaired) electrons. The summed E-state index contributed by atoms with van der Waals surface area (Å²) < 4.78 is 5.97. The Morgan fingerprint density at radius 3 is 2.78 bits per heavy atom. The molecule has 1 fully saturated rings. The van der Waals surface area contributed by atoms with Gasteiger partial charge < -0.3 is 9.73 Å².